The molecule has 1 aromatic heterocycles. The zero-order valence-corrected chi connectivity index (χ0v) is 15.4. The number of carbonyl (C=O) groups is 2. The highest BCUT2D eigenvalue weighted by molar-refractivity contribution is 6.17. The Morgan fingerprint density at radius 2 is 1.75 bits per heavy atom. The number of aromatic nitrogens is 2. The average Bonchev–Trinajstić information content (AvgIpc) is 3.31. The van der Waals surface area contributed by atoms with Crippen LogP contribution in [0, 0.1) is 0 Å². The number of rotatable bonds is 3. The molecule has 3 aromatic rings. The Hall–Kier alpha value is -2.99. The number of Topliss-reactive ketones (excluding diaryl/α,β-unsaturated/α-hetero) is 1. The molecule has 142 valence electrons. The molecule has 2 fully saturated rings. The van der Waals surface area contributed by atoms with E-state index >= 15 is 0 Å². The molecule has 0 spiro atoms. The molecule has 3 heterocycles. The lowest BCUT2D eigenvalue weighted by Crippen LogP contribution is -2.28. The summed E-state index contributed by atoms with van der Waals surface area (Å²) in [6.07, 6.45) is 3.61. The van der Waals surface area contributed by atoms with Crippen molar-refractivity contribution in [3.63, 3.8) is 0 Å². The van der Waals surface area contributed by atoms with Gasteiger partial charge in [-0.2, -0.15) is 0 Å². The van der Waals surface area contributed by atoms with Crippen molar-refractivity contribution in [2.45, 2.75) is 31.2 Å². The number of hydrogen-bond acceptors (Lipinski definition) is 4. The summed E-state index contributed by atoms with van der Waals surface area (Å²) in [4.78, 5) is 34.2. The van der Waals surface area contributed by atoms with Crippen LogP contribution in [-0.2, 0) is 14.3 Å². The summed E-state index contributed by atoms with van der Waals surface area (Å²) >= 11 is 0. The maximum Gasteiger partial charge on any atom is 0.235 e. The normalized spacial score (nSPS) is 21.0. The summed E-state index contributed by atoms with van der Waals surface area (Å²) in [7, 11) is 0. The van der Waals surface area contributed by atoms with Crippen molar-refractivity contribution in [2.75, 3.05) is 18.1 Å². The van der Waals surface area contributed by atoms with Gasteiger partial charge in [0.15, 0.2) is 5.78 Å². The van der Waals surface area contributed by atoms with E-state index in [1.807, 2.05) is 30.3 Å². The Kier molecular flexibility index (Phi) is 4.20. The summed E-state index contributed by atoms with van der Waals surface area (Å²) in [6, 6.07) is 13.2. The van der Waals surface area contributed by atoms with E-state index < -0.39 is 6.04 Å². The maximum atomic E-state index is 12.7. The third-order valence-corrected chi connectivity index (χ3v) is 5.79. The summed E-state index contributed by atoms with van der Waals surface area (Å²) < 4.78 is 5.44. The van der Waals surface area contributed by atoms with E-state index in [1.165, 1.54) is 5.56 Å². The molecule has 0 radical (unpaired) electrons. The number of anilines is 1. The van der Waals surface area contributed by atoms with Crippen molar-refractivity contribution in [2.24, 2.45) is 0 Å². The smallest absolute Gasteiger partial charge is 0.235 e. The number of fused-ring (bicyclic) bond motifs is 1. The number of nitrogens with zero attached hydrogens (tertiary/aromatic N) is 2. The molecule has 2 aliphatic rings. The fraction of sp³-hybridized carbons (Fsp3) is 0.318. The lowest BCUT2D eigenvalue weighted by atomic mass is 9.90. The van der Waals surface area contributed by atoms with Gasteiger partial charge in [0.25, 0.3) is 0 Å². The number of amides is 1. The van der Waals surface area contributed by atoms with E-state index in [0.717, 1.165) is 42.7 Å². The first kappa shape index (κ1) is 17.1. The van der Waals surface area contributed by atoms with Crippen molar-refractivity contribution in [1.82, 2.24) is 9.97 Å². The van der Waals surface area contributed by atoms with E-state index in [1.54, 1.807) is 11.2 Å². The van der Waals surface area contributed by atoms with Gasteiger partial charge in [-0.25, -0.2) is 4.98 Å². The van der Waals surface area contributed by atoms with Crippen molar-refractivity contribution >= 4 is 28.4 Å². The molecule has 6 heteroatoms. The molecule has 1 atom stereocenters. The predicted octanol–water partition coefficient (Wildman–Crippen LogP) is 3.50. The van der Waals surface area contributed by atoms with Gasteiger partial charge in [0, 0.05) is 18.9 Å². The number of imidazole rings is 1. The third-order valence-electron chi connectivity index (χ3n) is 5.79. The number of H-pyrrole nitrogens is 1. The molecule has 6 nitrogen and oxygen atoms in total. The van der Waals surface area contributed by atoms with Gasteiger partial charge < -0.3 is 9.72 Å². The van der Waals surface area contributed by atoms with Crippen LogP contribution in [0.3, 0.4) is 0 Å². The molecule has 2 saturated heterocycles. The van der Waals surface area contributed by atoms with Crippen molar-refractivity contribution in [3.05, 3.63) is 59.9 Å². The van der Waals surface area contributed by atoms with Crippen molar-refractivity contribution in [1.29, 1.82) is 0 Å². The standard InChI is InChI=1S/C22H21N3O3/c26-20-12-21(27)25(17-5-6-18-19(11-17)24-13-23-18)22(20)16-3-1-14(2-4-16)15-7-9-28-10-8-15/h1-6,11,13,15,22H,7-10,12H2,(H,23,24). The molecule has 1 N–H and O–H groups in total. The lowest BCUT2D eigenvalue weighted by molar-refractivity contribution is -0.121. The van der Waals surface area contributed by atoms with Crippen LogP contribution in [0.1, 0.15) is 42.3 Å². The Bertz CT molecular complexity index is 1030. The summed E-state index contributed by atoms with van der Waals surface area (Å²) in [5.41, 5.74) is 4.51. The van der Waals surface area contributed by atoms with Crippen molar-refractivity contribution < 1.29 is 14.3 Å². The quantitative estimate of drug-likeness (QED) is 0.711. The fourth-order valence-electron chi connectivity index (χ4n) is 4.30. The van der Waals surface area contributed by atoms with Gasteiger partial charge in [0.1, 0.15) is 6.04 Å². The number of nitrogens with one attached hydrogen (secondary N) is 1. The number of benzene rings is 2. The average molecular weight is 375 g/mol. The van der Waals surface area contributed by atoms with Crippen LogP contribution in [0.15, 0.2) is 48.8 Å². The SMILES string of the molecule is O=C1CC(=O)N(c2ccc3[nH]cnc3c2)C1c1ccc(C2CCOCC2)cc1. The van der Waals surface area contributed by atoms with Crippen LogP contribution in [-0.4, -0.2) is 34.9 Å². The first-order valence-electron chi connectivity index (χ1n) is 9.66. The molecule has 1 unspecified atom stereocenters. The minimum Gasteiger partial charge on any atom is -0.381 e. The van der Waals surface area contributed by atoms with Gasteiger partial charge in [-0.1, -0.05) is 24.3 Å². The third kappa shape index (κ3) is 2.90. The number of ether oxygens (including phenoxy) is 1. The molecule has 0 saturated carbocycles. The van der Waals surface area contributed by atoms with Crippen molar-refractivity contribution in [3.8, 4) is 0 Å². The first-order valence-corrected chi connectivity index (χ1v) is 9.66. The number of carbonyl (C=O) groups excluding carboxylic acids is 2. The molecule has 0 aliphatic carbocycles. The summed E-state index contributed by atoms with van der Waals surface area (Å²) in [6.45, 7) is 1.59. The monoisotopic (exact) mass is 375 g/mol. The highest BCUT2D eigenvalue weighted by Crippen LogP contribution is 2.36. The molecular formula is C22H21N3O3. The van der Waals surface area contributed by atoms with Crippen LogP contribution < -0.4 is 4.90 Å². The number of aromatic amines is 1. The molecule has 28 heavy (non-hydrogen) atoms. The van der Waals surface area contributed by atoms with Gasteiger partial charge in [0.05, 0.1) is 23.8 Å². The Morgan fingerprint density at radius 3 is 2.54 bits per heavy atom. The van der Waals surface area contributed by atoms with E-state index in [0.29, 0.717) is 11.6 Å². The van der Waals surface area contributed by atoms with Gasteiger partial charge in [0.2, 0.25) is 5.91 Å². The molecule has 2 aromatic carbocycles. The van der Waals surface area contributed by atoms with E-state index in [-0.39, 0.29) is 18.1 Å². The zero-order valence-electron chi connectivity index (χ0n) is 15.4. The second kappa shape index (κ2) is 6.87. The second-order valence-electron chi connectivity index (χ2n) is 7.47. The number of hydrogen-bond donors (Lipinski definition) is 1. The summed E-state index contributed by atoms with van der Waals surface area (Å²) in [5, 5.41) is 0. The van der Waals surface area contributed by atoms with Crippen LogP contribution in [0.25, 0.3) is 11.0 Å². The summed E-state index contributed by atoms with van der Waals surface area (Å²) in [5.74, 6) is 0.270. The Morgan fingerprint density at radius 1 is 1.00 bits per heavy atom. The van der Waals surface area contributed by atoms with Crippen LogP contribution in [0.2, 0.25) is 0 Å². The topological polar surface area (TPSA) is 75.3 Å². The largest absolute Gasteiger partial charge is 0.381 e. The Labute approximate surface area is 162 Å². The minimum absolute atomic E-state index is 0.0639. The maximum absolute atomic E-state index is 12.7. The predicted molar refractivity (Wildman–Crippen MR) is 105 cm³/mol. The molecule has 5 rings (SSSR count). The highest BCUT2D eigenvalue weighted by atomic mass is 16.5. The first-order chi connectivity index (χ1) is 13.7. The second-order valence-corrected chi connectivity index (χ2v) is 7.47. The van der Waals surface area contributed by atoms with Crippen LogP contribution >= 0.6 is 0 Å². The zero-order chi connectivity index (χ0) is 19.1. The van der Waals surface area contributed by atoms with Gasteiger partial charge >= 0.3 is 0 Å². The van der Waals surface area contributed by atoms with Gasteiger partial charge in [-0.05, 0) is 48.1 Å². The molecule has 1 amide bonds. The molecule has 2 aliphatic heterocycles. The van der Waals surface area contributed by atoms with E-state index in [4.69, 9.17) is 4.74 Å². The fourth-order valence-corrected chi connectivity index (χ4v) is 4.30. The minimum atomic E-state index is -0.576. The van der Waals surface area contributed by atoms with Crippen LogP contribution in [0.5, 0.6) is 0 Å². The highest BCUT2D eigenvalue weighted by Gasteiger charge is 2.40. The molecule has 0 bridgehead atoms. The molecular weight excluding hydrogens is 354 g/mol. The van der Waals surface area contributed by atoms with Gasteiger partial charge in [-0.15, -0.1) is 0 Å². The van der Waals surface area contributed by atoms with E-state index in [2.05, 4.69) is 22.1 Å². The van der Waals surface area contributed by atoms with E-state index in [9.17, 15) is 9.59 Å². The van der Waals surface area contributed by atoms with Gasteiger partial charge in [-0.3, -0.25) is 14.5 Å². The number of ketones is 1. The Balaban J connectivity index is 1.47. The van der Waals surface area contributed by atoms with Crippen LogP contribution in [0.4, 0.5) is 5.69 Å². The lowest BCUT2D eigenvalue weighted by Gasteiger charge is -2.25.